The molecule has 0 radical (unpaired) electrons. The molecule has 6 rings (SSSR count). The molecule has 0 bridgehead atoms. The summed E-state index contributed by atoms with van der Waals surface area (Å²) in [6, 6.07) is -1.47. The molecule has 41 heavy (non-hydrogen) atoms. The number of alkyl halides is 5. The number of carbonyl (C=O) groups is 2. The molecule has 2 aromatic heterocycles. The first kappa shape index (κ1) is 27.3. The lowest BCUT2D eigenvalue weighted by atomic mass is 9.82. The number of urea groups is 1. The molecule has 1 saturated heterocycles. The van der Waals surface area contributed by atoms with Crippen LogP contribution < -0.4 is 10.6 Å². The van der Waals surface area contributed by atoms with Crippen LogP contribution in [0, 0.1) is 11.7 Å². The Kier molecular flexibility index (Phi) is 6.60. The fourth-order valence-electron chi connectivity index (χ4n) is 5.36. The van der Waals surface area contributed by atoms with Crippen molar-refractivity contribution in [3.8, 4) is 0 Å². The van der Waals surface area contributed by atoms with Crippen LogP contribution in [0.15, 0.2) is 21.2 Å². The zero-order valence-corrected chi connectivity index (χ0v) is 21.3. The lowest BCUT2D eigenvalue weighted by Crippen LogP contribution is -2.40. The summed E-state index contributed by atoms with van der Waals surface area (Å²) in [6.45, 7) is -1.15. The Morgan fingerprint density at radius 3 is 2.56 bits per heavy atom. The molecule has 1 aliphatic heterocycles. The molecular weight excluding hydrogens is 562 g/mol. The molecule has 0 unspecified atom stereocenters. The van der Waals surface area contributed by atoms with E-state index < -0.39 is 73.8 Å². The third kappa shape index (κ3) is 5.43. The number of aromatic nitrogens is 3. The van der Waals surface area contributed by atoms with Gasteiger partial charge in [0.25, 0.3) is 5.91 Å². The van der Waals surface area contributed by atoms with Gasteiger partial charge in [0.15, 0.2) is 17.1 Å². The van der Waals surface area contributed by atoms with Gasteiger partial charge in [0.2, 0.25) is 11.8 Å². The van der Waals surface area contributed by atoms with E-state index in [9.17, 15) is 31.5 Å². The third-order valence-electron chi connectivity index (χ3n) is 7.82. The van der Waals surface area contributed by atoms with Crippen molar-refractivity contribution in [1.82, 2.24) is 30.8 Å². The van der Waals surface area contributed by atoms with Gasteiger partial charge in [-0.2, -0.15) is 13.2 Å². The number of hydrogen-bond acceptors (Lipinski definition) is 7. The SMILES string of the molecule is O=C(N[C@H](c1nc2c(F)c(CN3C[C@@H](C(F)(F)F)NC3=O)ccc2o1)C1CCC(F)(F)CC1)c1nonc1C1CC1. The molecule has 2 aliphatic carbocycles. The third-order valence-corrected chi connectivity index (χ3v) is 7.82. The Morgan fingerprint density at radius 2 is 1.90 bits per heavy atom. The van der Waals surface area contributed by atoms with E-state index in [0.717, 1.165) is 17.7 Å². The van der Waals surface area contributed by atoms with E-state index >= 15 is 4.39 Å². The average molecular weight is 586 g/mol. The summed E-state index contributed by atoms with van der Waals surface area (Å²) >= 11 is 0. The standard InChI is InChI=1S/C25H24F6N6O4/c26-16-13(9-37-10-15(25(29,30)31)32-23(37)39)3-4-14-19(16)34-22(40-14)18(12-5-7-24(27,28)8-6-12)33-21(38)20-17(11-1-2-11)35-41-36-20/h3-4,11-12,15,18H,1-2,5-10H2,(H,32,39)(H,33,38)/t15-,18-/m0/s1. The average Bonchev–Trinajstić information content (AvgIpc) is 3.29. The molecule has 2 N–H and O–H groups in total. The lowest BCUT2D eigenvalue weighted by molar-refractivity contribution is -0.149. The topological polar surface area (TPSA) is 126 Å². The normalized spacial score (nSPS) is 22.2. The monoisotopic (exact) mass is 586 g/mol. The largest absolute Gasteiger partial charge is 0.438 e. The summed E-state index contributed by atoms with van der Waals surface area (Å²) in [5.74, 6) is -5.05. The molecule has 0 spiro atoms. The first-order valence-electron chi connectivity index (χ1n) is 13.1. The molecule has 220 valence electrons. The van der Waals surface area contributed by atoms with Crippen LogP contribution in [0.3, 0.4) is 0 Å². The van der Waals surface area contributed by atoms with Gasteiger partial charge in [0.1, 0.15) is 23.3 Å². The van der Waals surface area contributed by atoms with Gasteiger partial charge in [-0.25, -0.2) is 27.6 Å². The van der Waals surface area contributed by atoms with Crippen LogP contribution in [0.1, 0.15) is 78.1 Å². The van der Waals surface area contributed by atoms with Gasteiger partial charge in [-0.15, -0.1) is 0 Å². The highest BCUT2D eigenvalue weighted by atomic mass is 19.4. The van der Waals surface area contributed by atoms with Crippen LogP contribution in [0.4, 0.5) is 31.1 Å². The maximum absolute atomic E-state index is 15.5. The van der Waals surface area contributed by atoms with Gasteiger partial charge in [-0.1, -0.05) is 11.2 Å². The second-order valence-corrected chi connectivity index (χ2v) is 10.8. The summed E-state index contributed by atoms with van der Waals surface area (Å²) in [7, 11) is 0. The van der Waals surface area contributed by atoms with Crippen LogP contribution in [0.2, 0.25) is 0 Å². The molecule has 3 fully saturated rings. The molecule has 16 heteroatoms. The maximum atomic E-state index is 15.5. The summed E-state index contributed by atoms with van der Waals surface area (Å²) in [5.41, 5.74) is -0.0438. The predicted molar refractivity (Wildman–Crippen MR) is 126 cm³/mol. The van der Waals surface area contributed by atoms with Crippen molar-refractivity contribution in [1.29, 1.82) is 0 Å². The summed E-state index contributed by atoms with van der Waals surface area (Å²) in [5, 5.41) is 12.1. The highest BCUT2D eigenvalue weighted by Crippen LogP contribution is 2.43. The molecule has 2 saturated carbocycles. The number of rotatable bonds is 7. The Balaban J connectivity index is 1.28. The van der Waals surface area contributed by atoms with Gasteiger partial charge in [-0.05, 0) is 42.8 Å². The molecule has 1 aromatic carbocycles. The van der Waals surface area contributed by atoms with Crippen LogP contribution in [-0.4, -0.2) is 56.8 Å². The Labute approximate surface area is 227 Å². The number of hydrogen-bond donors (Lipinski definition) is 2. The van der Waals surface area contributed by atoms with Gasteiger partial charge < -0.3 is 20.0 Å². The number of benzene rings is 1. The number of oxazole rings is 1. The Morgan fingerprint density at radius 1 is 1.17 bits per heavy atom. The number of carbonyl (C=O) groups excluding carboxylic acids is 2. The molecule has 3 aromatic rings. The first-order chi connectivity index (χ1) is 19.4. The minimum Gasteiger partial charge on any atom is -0.438 e. The van der Waals surface area contributed by atoms with Crippen molar-refractivity contribution in [2.75, 3.05) is 6.54 Å². The van der Waals surface area contributed by atoms with Crippen LogP contribution >= 0.6 is 0 Å². The molecule has 2 atom stereocenters. The number of nitrogens with zero attached hydrogens (tertiary/aromatic N) is 4. The van der Waals surface area contributed by atoms with Crippen LogP contribution in [0.5, 0.6) is 0 Å². The lowest BCUT2D eigenvalue weighted by Gasteiger charge is -2.32. The fourth-order valence-corrected chi connectivity index (χ4v) is 5.36. The van der Waals surface area contributed by atoms with Gasteiger partial charge in [-0.3, -0.25) is 4.79 Å². The van der Waals surface area contributed by atoms with Crippen molar-refractivity contribution >= 4 is 23.0 Å². The minimum absolute atomic E-state index is 0.0255. The highest BCUT2D eigenvalue weighted by molar-refractivity contribution is 5.93. The van der Waals surface area contributed by atoms with Crippen molar-refractivity contribution in [3.63, 3.8) is 0 Å². The Hall–Kier alpha value is -3.85. The highest BCUT2D eigenvalue weighted by Gasteiger charge is 2.47. The van der Waals surface area contributed by atoms with E-state index in [1.54, 1.807) is 0 Å². The zero-order chi connectivity index (χ0) is 29.1. The van der Waals surface area contributed by atoms with Crippen molar-refractivity contribution in [2.45, 2.75) is 75.2 Å². The van der Waals surface area contributed by atoms with E-state index in [1.165, 1.54) is 12.1 Å². The van der Waals surface area contributed by atoms with E-state index in [0.29, 0.717) is 5.69 Å². The molecular formula is C25H24F6N6O4. The second kappa shape index (κ2) is 9.91. The summed E-state index contributed by atoms with van der Waals surface area (Å²) in [6.07, 6.45) is -3.80. The molecule has 3 heterocycles. The zero-order valence-electron chi connectivity index (χ0n) is 21.3. The number of fused-ring (bicyclic) bond motifs is 1. The number of halogens is 6. The summed E-state index contributed by atoms with van der Waals surface area (Å²) < 4.78 is 93.0. The van der Waals surface area contributed by atoms with E-state index in [1.807, 2.05) is 5.32 Å². The van der Waals surface area contributed by atoms with E-state index in [4.69, 9.17) is 9.05 Å². The second-order valence-electron chi connectivity index (χ2n) is 10.8. The smallest absolute Gasteiger partial charge is 0.410 e. The predicted octanol–water partition coefficient (Wildman–Crippen LogP) is 4.98. The van der Waals surface area contributed by atoms with Gasteiger partial charge in [0, 0.05) is 24.3 Å². The van der Waals surface area contributed by atoms with E-state index in [2.05, 4.69) is 20.6 Å². The van der Waals surface area contributed by atoms with Crippen molar-refractivity contribution < 1.29 is 45.0 Å². The molecule has 3 amide bonds. The number of amides is 3. The molecule has 10 nitrogen and oxygen atoms in total. The van der Waals surface area contributed by atoms with E-state index in [-0.39, 0.29) is 47.0 Å². The molecule has 3 aliphatic rings. The summed E-state index contributed by atoms with van der Waals surface area (Å²) in [4.78, 5) is 30.3. The van der Waals surface area contributed by atoms with Crippen molar-refractivity contribution in [3.05, 3.63) is 40.8 Å². The van der Waals surface area contributed by atoms with Crippen LogP contribution in [0.25, 0.3) is 11.1 Å². The number of nitrogens with one attached hydrogen (secondary N) is 2. The van der Waals surface area contributed by atoms with Gasteiger partial charge >= 0.3 is 12.2 Å². The minimum atomic E-state index is -4.65. The van der Waals surface area contributed by atoms with Crippen LogP contribution in [-0.2, 0) is 6.54 Å². The fraction of sp³-hybridized carbons (Fsp3) is 0.560. The first-order valence-corrected chi connectivity index (χ1v) is 13.1. The quantitative estimate of drug-likeness (QED) is 0.374. The van der Waals surface area contributed by atoms with Crippen molar-refractivity contribution in [2.24, 2.45) is 5.92 Å². The Bertz CT molecular complexity index is 1470. The maximum Gasteiger partial charge on any atom is 0.410 e. The van der Waals surface area contributed by atoms with Gasteiger partial charge in [0.05, 0.1) is 13.1 Å².